The molecule has 0 aromatic rings. The van der Waals surface area contributed by atoms with E-state index in [4.69, 9.17) is 0 Å². The highest BCUT2D eigenvalue weighted by atomic mass is 32.2. The highest BCUT2D eigenvalue weighted by Crippen LogP contribution is 2.18. The summed E-state index contributed by atoms with van der Waals surface area (Å²) in [5.74, 6) is 0. The van der Waals surface area contributed by atoms with Crippen LogP contribution in [0.3, 0.4) is 0 Å². The van der Waals surface area contributed by atoms with E-state index in [0.717, 1.165) is 57.8 Å². The molecule has 0 saturated carbocycles. The number of unbranched alkanes of at least 4 members (excludes halogenated alkanes) is 10. The summed E-state index contributed by atoms with van der Waals surface area (Å²) in [6.07, 6.45) is 17.7. The van der Waals surface area contributed by atoms with Crippen molar-refractivity contribution >= 4 is 10.1 Å². The second kappa shape index (κ2) is 17.0. The van der Waals surface area contributed by atoms with Crippen molar-refractivity contribution in [1.82, 2.24) is 0 Å². The van der Waals surface area contributed by atoms with Crippen LogP contribution < -0.4 is 0 Å². The number of hydrogen-bond donors (Lipinski definition) is 2. The van der Waals surface area contributed by atoms with Gasteiger partial charge in [0.05, 0.1) is 11.4 Å². The minimum Gasteiger partial charge on any atom is -0.393 e. The standard InChI is InChI=1S/C21H44O4S/c1-3-5-18-21(26(23,24)25)19-15-13-11-9-7-6-8-10-12-14-17-20(22)16-4-2/h20-22H,3-19H2,1-2H3,(H,23,24,25). The Bertz CT molecular complexity index is 395. The molecule has 2 unspecified atom stereocenters. The third-order valence-corrected chi connectivity index (χ3v) is 6.55. The largest absolute Gasteiger partial charge is 0.393 e. The molecular weight excluding hydrogens is 348 g/mol. The van der Waals surface area contributed by atoms with E-state index in [2.05, 4.69) is 6.92 Å². The minimum absolute atomic E-state index is 0.0950. The quantitative estimate of drug-likeness (QED) is 0.200. The molecule has 0 rings (SSSR count). The molecule has 0 radical (unpaired) electrons. The average molecular weight is 393 g/mol. The number of aliphatic hydroxyl groups is 1. The van der Waals surface area contributed by atoms with Gasteiger partial charge in [0.1, 0.15) is 0 Å². The van der Waals surface area contributed by atoms with Gasteiger partial charge in [-0.1, -0.05) is 97.3 Å². The summed E-state index contributed by atoms with van der Waals surface area (Å²) in [5.41, 5.74) is 0. The van der Waals surface area contributed by atoms with E-state index in [0.29, 0.717) is 12.8 Å². The maximum atomic E-state index is 11.4. The van der Waals surface area contributed by atoms with Crippen molar-refractivity contribution in [3.63, 3.8) is 0 Å². The molecule has 26 heavy (non-hydrogen) atoms. The third-order valence-electron chi connectivity index (χ3n) is 5.24. The summed E-state index contributed by atoms with van der Waals surface area (Å²) in [6.45, 7) is 4.15. The Balaban J connectivity index is 3.45. The van der Waals surface area contributed by atoms with Gasteiger partial charge >= 0.3 is 0 Å². The van der Waals surface area contributed by atoms with Gasteiger partial charge in [0.2, 0.25) is 0 Å². The van der Waals surface area contributed by atoms with Crippen LogP contribution >= 0.6 is 0 Å². The van der Waals surface area contributed by atoms with E-state index in [1.54, 1.807) is 0 Å². The van der Waals surface area contributed by atoms with E-state index in [1.165, 1.54) is 38.5 Å². The van der Waals surface area contributed by atoms with Crippen molar-refractivity contribution in [2.45, 2.75) is 134 Å². The molecule has 158 valence electrons. The van der Waals surface area contributed by atoms with Crippen molar-refractivity contribution in [2.75, 3.05) is 0 Å². The van der Waals surface area contributed by atoms with Crippen LogP contribution in [0.4, 0.5) is 0 Å². The lowest BCUT2D eigenvalue weighted by atomic mass is 10.0. The fourth-order valence-electron chi connectivity index (χ4n) is 3.52. The van der Waals surface area contributed by atoms with Crippen LogP contribution in [0.1, 0.15) is 123 Å². The zero-order valence-corrected chi connectivity index (χ0v) is 18.1. The van der Waals surface area contributed by atoms with Crippen molar-refractivity contribution in [2.24, 2.45) is 0 Å². The maximum Gasteiger partial charge on any atom is 0.267 e. The highest BCUT2D eigenvalue weighted by molar-refractivity contribution is 7.86. The Morgan fingerprint density at radius 3 is 1.46 bits per heavy atom. The molecule has 5 heteroatoms. The molecule has 0 aliphatic heterocycles. The van der Waals surface area contributed by atoms with Gasteiger partial charge in [-0.05, 0) is 25.7 Å². The van der Waals surface area contributed by atoms with Crippen molar-refractivity contribution in [1.29, 1.82) is 0 Å². The molecule has 0 spiro atoms. The zero-order valence-electron chi connectivity index (χ0n) is 17.3. The zero-order chi connectivity index (χ0) is 19.7. The summed E-state index contributed by atoms with van der Waals surface area (Å²) in [4.78, 5) is 0. The normalized spacial score (nSPS) is 14.5. The van der Waals surface area contributed by atoms with Crippen LogP contribution in [-0.4, -0.2) is 29.4 Å². The Kier molecular flexibility index (Phi) is 16.9. The molecule has 0 fully saturated rings. The van der Waals surface area contributed by atoms with Gasteiger partial charge in [-0.2, -0.15) is 8.42 Å². The molecule has 2 N–H and O–H groups in total. The van der Waals surface area contributed by atoms with Crippen LogP contribution in [0.5, 0.6) is 0 Å². The summed E-state index contributed by atoms with van der Waals surface area (Å²) in [5, 5.41) is 9.11. The van der Waals surface area contributed by atoms with Gasteiger partial charge in [-0.3, -0.25) is 4.55 Å². The maximum absolute atomic E-state index is 11.4. The van der Waals surface area contributed by atoms with Crippen LogP contribution in [0.2, 0.25) is 0 Å². The fourth-order valence-corrected chi connectivity index (χ4v) is 4.45. The second-order valence-corrected chi connectivity index (χ2v) is 9.53. The van der Waals surface area contributed by atoms with Crippen LogP contribution in [0, 0.1) is 0 Å². The van der Waals surface area contributed by atoms with Crippen molar-refractivity contribution < 1.29 is 18.1 Å². The summed E-state index contributed by atoms with van der Waals surface area (Å²) in [7, 11) is -3.87. The molecule has 2 atom stereocenters. The predicted octanol–water partition coefficient (Wildman–Crippen LogP) is 6.28. The van der Waals surface area contributed by atoms with Gasteiger partial charge in [0.25, 0.3) is 10.1 Å². The van der Waals surface area contributed by atoms with E-state index >= 15 is 0 Å². The molecule has 0 aliphatic rings. The number of hydrogen-bond acceptors (Lipinski definition) is 3. The molecule has 0 heterocycles. The SMILES string of the molecule is CCCCC(CCCCCCCCCCCCC(O)CCC)S(=O)(=O)O. The van der Waals surface area contributed by atoms with E-state index in [9.17, 15) is 18.1 Å². The molecule has 0 aromatic heterocycles. The Morgan fingerprint density at radius 1 is 0.615 bits per heavy atom. The Labute approximate surface area is 162 Å². The third kappa shape index (κ3) is 16.1. The molecule has 0 bridgehead atoms. The lowest BCUT2D eigenvalue weighted by molar-refractivity contribution is 0.150. The van der Waals surface area contributed by atoms with Crippen LogP contribution in [-0.2, 0) is 10.1 Å². The van der Waals surface area contributed by atoms with Crippen molar-refractivity contribution in [3.8, 4) is 0 Å². The van der Waals surface area contributed by atoms with Gasteiger partial charge in [0, 0.05) is 0 Å². The Hall–Kier alpha value is -0.130. The van der Waals surface area contributed by atoms with Crippen molar-refractivity contribution in [3.05, 3.63) is 0 Å². The predicted molar refractivity (Wildman–Crippen MR) is 111 cm³/mol. The molecule has 4 nitrogen and oxygen atoms in total. The first-order chi connectivity index (χ1) is 12.4. The van der Waals surface area contributed by atoms with E-state index in [-0.39, 0.29) is 6.10 Å². The van der Waals surface area contributed by atoms with Gasteiger partial charge in [-0.15, -0.1) is 0 Å². The van der Waals surface area contributed by atoms with Crippen LogP contribution in [0.25, 0.3) is 0 Å². The molecule has 0 aliphatic carbocycles. The molecule has 0 saturated heterocycles. The minimum atomic E-state index is -3.87. The first-order valence-electron chi connectivity index (χ1n) is 11.1. The second-order valence-electron chi connectivity index (χ2n) is 7.83. The molecular formula is C21H44O4S. The smallest absolute Gasteiger partial charge is 0.267 e. The van der Waals surface area contributed by atoms with Gasteiger partial charge in [-0.25, -0.2) is 0 Å². The monoisotopic (exact) mass is 392 g/mol. The number of rotatable bonds is 19. The Morgan fingerprint density at radius 2 is 1.04 bits per heavy atom. The lowest BCUT2D eigenvalue weighted by Crippen LogP contribution is -2.20. The first kappa shape index (κ1) is 25.9. The van der Waals surface area contributed by atoms with Gasteiger partial charge < -0.3 is 5.11 Å². The number of aliphatic hydroxyl groups excluding tert-OH is 1. The summed E-state index contributed by atoms with van der Waals surface area (Å²) in [6, 6.07) is 0. The summed E-state index contributed by atoms with van der Waals surface area (Å²) >= 11 is 0. The van der Waals surface area contributed by atoms with Gasteiger partial charge in [0.15, 0.2) is 0 Å². The molecule has 0 aromatic carbocycles. The fraction of sp³-hybridized carbons (Fsp3) is 1.00. The molecule has 0 amide bonds. The van der Waals surface area contributed by atoms with Crippen LogP contribution in [0.15, 0.2) is 0 Å². The summed E-state index contributed by atoms with van der Waals surface area (Å²) < 4.78 is 32.0. The first-order valence-corrected chi connectivity index (χ1v) is 12.6. The topological polar surface area (TPSA) is 74.6 Å². The highest BCUT2D eigenvalue weighted by Gasteiger charge is 2.21. The van der Waals surface area contributed by atoms with E-state index in [1.807, 2.05) is 6.92 Å². The van der Waals surface area contributed by atoms with E-state index < -0.39 is 15.4 Å². The lowest BCUT2D eigenvalue weighted by Gasteiger charge is -2.13. The average Bonchev–Trinajstić information content (AvgIpc) is 2.57.